The minimum atomic E-state index is -4.52. The number of hydrogen-bond donors (Lipinski definition) is 3. The topological polar surface area (TPSA) is 58.2 Å². The highest BCUT2D eigenvalue weighted by Gasteiger charge is 2.31. The highest BCUT2D eigenvalue weighted by atomic mass is 35.5. The van der Waals surface area contributed by atoms with Crippen molar-refractivity contribution in [1.29, 1.82) is 0 Å². The maximum absolute atomic E-state index is 12.6. The Labute approximate surface area is 174 Å². The second-order valence-corrected chi connectivity index (χ2v) is 6.51. The van der Waals surface area contributed by atoms with Gasteiger partial charge in [0.05, 0.1) is 10.6 Å². The van der Waals surface area contributed by atoms with Crippen LogP contribution in [0.2, 0.25) is 5.02 Å². The third-order valence-corrected chi connectivity index (χ3v) is 4.05. The SMILES string of the molecule is FC(F)(F)c1cnc(NNC(=S)Nc2ccc(Oc3ccccc3)cc2)c(Cl)c1. The smallest absolute Gasteiger partial charge is 0.417 e. The van der Waals surface area contributed by atoms with E-state index in [0.717, 1.165) is 11.8 Å². The molecule has 0 saturated carbocycles. The van der Waals surface area contributed by atoms with Crippen molar-refractivity contribution in [3.8, 4) is 11.5 Å². The van der Waals surface area contributed by atoms with Crippen LogP contribution in [0.5, 0.6) is 11.5 Å². The van der Waals surface area contributed by atoms with Gasteiger partial charge in [-0.3, -0.25) is 10.9 Å². The van der Waals surface area contributed by atoms with Gasteiger partial charge >= 0.3 is 6.18 Å². The average molecular weight is 439 g/mol. The standard InChI is InChI=1S/C19H14ClF3N4OS/c20-16-10-12(19(21,22)23)11-24-17(16)26-27-18(29)25-13-6-8-15(9-7-13)28-14-4-2-1-3-5-14/h1-11H,(H,24,26)(H2,25,27,29). The summed E-state index contributed by atoms with van der Waals surface area (Å²) in [6.07, 6.45) is -3.84. The third-order valence-electron chi connectivity index (χ3n) is 3.55. The number of ether oxygens (including phenoxy) is 1. The van der Waals surface area contributed by atoms with E-state index < -0.39 is 11.7 Å². The van der Waals surface area contributed by atoms with E-state index in [4.69, 9.17) is 28.6 Å². The van der Waals surface area contributed by atoms with Crippen LogP contribution >= 0.6 is 23.8 Å². The van der Waals surface area contributed by atoms with Crippen LogP contribution in [0.15, 0.2) is 66.9 Å². The van der Waals surface area contributed by atoms with Crippen molar-refractivity contribution in [1.82, 2.24) is 10.4 Å². The largest absolute Gasteiger partial charge is 0.457 e. The van der Waals surface area contributed by atoms with E-state index in [1.807, 2.05) is 30.3 Å². The van der Waals surface area contributed by atoms with Crippen LogP contribution in [0.3, 0.4) is 0 Å². The molecule has 0 radical (unpaired) electrons. The monoisotopic (exact) mass is 438 g/mol. The van der Waals surface area contributed by atoms with E-state index in [9.17, 15) is 13.2 Å². The summed E-state index contributed by atoms with van der Waals surface area (Å²) in [4.78, 5) is 3.65. The van der Waals surface area contributed by atoms with E-state index in [1.165, 1.54) is 0 Å². The molecule has 0 amide bonds. The number of pyridine rings is 1. The molecule has 3 rings (SSSR count). The van der Waals surface area contributed by atoms with Crippen molar-refractivity contribution in [3.05, 3.63) is 77.4 Å². The Balaban J connectivity index is 1.53. The Bertz CT molecular complexity index is 985. The number of aromatic nitrogens is 1. The number of nitrogens with one attached hydrogen (secondary N) is 3. The van der Waals surface area contributed by atoms with Crippen LogP contribution in [0.25, 0.3) is 0 Å². The maximum Gasteiger partial charge on any atom is 0.417 e. The zero-order chi connectivity index (χ0) is 20.9. The second-order valence-electron chi connectivity index (χ2n) is 5.70. The molecule has 0 atom stereocenters. The lowest BCUT2D eigenvalue weighted by molar-refractivity contribution is -0.137. The number of anilines is 2. The molecule has 3 N–H and O–H groups in total. The molecule has 3 aromatic rings. The van der Waals surface area contributed by atoms with Gasteiger partial charge in [-0.05, 0) is 54.7 Å². The number of alkyl halides is 3. The maximum atomic E-state index is 12.6. The molecule has 10 heteroatoms. The molecule has 0 bridgehead atoms. The molecule has 0 spiro atoms. The Morgan fingerprint density at radius 1 is 1.00 bits per heavy atom. The van der Waals surface area contributed by atoms with Gasteiger partial charge in [-0.1, -0.05) is 29.8 Å². The lowest BCUT2D eigenvalue weighted by atomic mass is 10.3. The number of benzene rings is 2. The second kappa shape index (κ2) is 8.97. The number of nitrogens with zero attached hydrogens (tertiary/aromatic N) is 1. The molecule has 0 fully saturated rings. The van der Waals surface area contributed by atoms with Gasteiger partial charge in [0, 0.05) is 11.9 Å². The first kappa shape index (κ1) is 20.7. The average Bonchev–Trinajstić information content (AvgIpc) is 2.68. The van der Waals surface area contributed by atoms with E-state index in [1.54, 1.807) is 24.3 Å². The van der Waals surface area contributed by atoms with E-state index in [2.05, 4.69) is 21.2 Å². The molecule has 1 aromatic heterocycles. The molecule has 0 unspecified atom stereocenters. The van der Waals surface area contributed by atoms with Gasteiger partial charge in [0.1, 0.15) is 11.5 Å². The van der Waals surface area contributed by atoms with Gasteiger partial charge in [-0.15, -0.1) is 0 Å². The van der Waals surface area contributed by atoms with Gasteiger partial charge in [-0.2, -0.15) is 13.2 Å². The van der Waals surface area contributed by atoms with E-state index in [0.29, 0.717) is 17.6 Å². The van der Waals surface area contributed by atoms with Crippen LogP contribution in [0.1, 0.15) is 5.56 Å². The van der Waals surface area contributed by atoms with Crippen LogP contribution < -0.4 is 20.9 Å². The summed E-state index contributed by atoms with van der Waals surface area (Å²) in [5.74, 6) is 1.38. The zero-order valence-electron chi connectivity index (χ0n) is 14.6. The number of para-hydroxylation sites is 1. The summed E-state index contributed by atoms with van der Waals surface area (Å²) in [6.45, 7) is 0. The van der Waals surface area contributed by atoms with Gasteiger partial charge in [0.2, 0.25) is 0 Å². The molecule has 0 saturated heterocycles. The van der Waals surface area contributed by atoms with Gasteiger partial charge in [0.25, 0.3) is 0 Å². The predicted molar refractivity (Wildman–Crippen MR) is 110 cm³/mol. The van der Waals surface area contributed by atoms with Crippen molar-refractivity contribution >= 4 is 40.4 Å². The highest BCUT2D eigenvalue weighted by Crippen LogP contribution is 2.32. The fourth-order valence-corrected chi connectivity index (χ4v) is 2.58. The van der Waals surface area contributed by atoms with Crippen molar-refractivity contribution < 1.29 is 17.9 Å². The van der Waals surface area contributed by atoms with E-state index in [-0.39, 0.29) is 16.0 Å². The fraction of sp³-hybridized carbons (Fsp3) is 0.0526. The van der Waals surface area contributed by atoms with Crippen molar-refractivity contribution in [2.45, 2.75) is 6.18 Å². The van der Waals surface area contributed by atoms with Crippen LogP contribution in [0.4, 0.5) is 24.7 Å². The zero-order valence-corrected chi connectivity index (χ0v) is 16.2. The van der Waals surface area contributed by atoms with E-state index >= 15 is 0 Å². The van der Waals surface area contributed by atoms with Gasteiger partial charge in [-0.25, -0.2) is 4.98 Å². The normalized spacial score (nSPS) is 10.9. The molecule has 0 aliphatic carbocycles. The minimum Gasteiger partial charge on any atom is -0.457 e. The number of hydrazine groups is 1. The highest BCUT2D eigenvalue weighted by molar-refractivity contribution is 7.80. The quantitative estimate of drug-likeness (QED) is 0.342. The first-order chi connectivity index (χ1) is 13.8. The lowest BCUT2D eigenvalue weighted by Gasteiger charge is -2.14. The molecule has 29 heavy (non-hydrogen) atoms. The summed E-state index contributed by atoms with van der Waals surface area (Å²) in [5, 5.41) is 2.88. The summed E-state index contributed by atoms with van der Waals surface area (Å²) in [6, 6.07) is 17.2. The minimum absolute atomic E-state index is 0.00965. The summed E-state index contributed by atoms with van der Waals surface area (Å²) >= 11 is 11.0. The molecule has 0 aliphatic heterocycles. The van der Waals surface area contributed by atoms with Crippen molar-refractivity contribution in [2.75, 3.05) is 10.7 Å². The molecular weight excluding hydrogens is 425 g/mol. The van der Waals surface area contributed by atoms with Crippen LogP contribution in [0, 0.1) is 0 Å². The van der Waals surface area contributed by atoms with Crippen molar-refractivity contribution in [3.63, 3.8) is 0 Å². The first-order valence-electron chi connectivity index (χ1n) is 8.20. The van der Waals surface area contributed by atoms with Crippen LogP contribution in [-0.2, 0) is 6.18 Å². The predicted octanol–water partition coefficient (Wildman–Crippen LogP) is 5.86. The Morgan fingerprint density at radius 3 is 2.28 bits per heavy atom. The lowest BCUT2D eigenvalue weighted by Crippen LogP contribution is -2.33. The molecule has 1 heterocycles. The van der Waals surface area contributed by atoms with Gasteiger partial charge in [0.15, 0.2) is 10.9 Å². The number of hydrogen-bond acceptors (Lipinski definition) is 4. The first-order valence-corrected chi connectivity index (χ1v) is 8.98. The van der Waals surface area contributed by atoms with Gasteiger partial charge < -0.3 is 10.1 Å². The summed E-state index contributed by atoms with van der Waals surface area (Å²) < 4.78 is 43.6. The summed E-state index contributed by atoms with van der Waals surface area (Å²) in [7, 11) is 0. The number of rotatable bonds is 5. The molecular formula is C19H14ClF3N4OS. The third kappa shape index (κ3) is 5.97. The molecule has 0 aliphatic rings. The Morgan fingerprint density at radius 2 is 1.66 bits per heavy atom. The number of thiocarbonyl (C=S) groups is 1. The molecule has 5 nitrogen and oxygen atoms in total. The molecule has 2 aromatic carbocycles. The molecule has 150 valence electrons. The van der Waals surface area contributed by atoms with Crippen LogP contribution in [-0.4, -0.2) is 10.1 Å². The van der Waals surface area contributed by atoms with Crippen molar-refractivity contribution in [2.24, 2.45) is 0 Å². The fourth-order valence-electron chi connectivity index (χ4n) is 2.19. The summed E-state index contributed by atoms with van der Waals surface area (Å²) in [5.41, 5.74) is 4.92. The Hall–Kier alpha value is -3.04. The Kier molecular flexibility index (Phi) is 6.40. The number of halogens is 4.